The molecule has 6 heteroatoms. The van der Waals surface area contributed by atoms with Crippen LogP contribution in [0.5, 0.6) is 0 Å². The summed E-state index contributed by atoms with van der Waals surface area (Å²) in [4.78, 5) is 2.57. The highest BCUT2D eigenvalue weighted by Crippen LogP contribution is 2.78. The number of fused-ring (bicyclic) bond motifs is 2. The van der Waals surface area contributed by atoms with E-state index in [0.29, 0.717) is 12.3 Å². The first-order chi connectivity index (χ1) is 13.9. The summed E-state index contributed by atoms with van der Waals surface area (Å²) >= 11 is 0. The Balaban J connectivity index is 1.57. The van der Waals surface area contributed by atoms with Crippen molar-refractivity contribution in [3.8, 4) is 0 Å². The van der Waals surface area contributed by atoms with Gasteiger partial charge in [0.2, 0.25) is 0 Å². The van der Waals surface area contributed by atoms with Crippen LogP contribution in [0.3, 0.4) is 0 Å². The summed E-state index contributed by atoms with van der Waals surface area (Å²) < 4.78 is 11.6. The van der Waals surface area contributed by atoms with E-state index in [9.17, 15) is 15.3 Å². The molecule has 1 aliphatic heterocycles. The van der Waals surface area contributed by atoms with Crippen LogP contribution < -0.4 is 0 Å². The van der Waals surface area contributed by atoms with Gasteiger partial charge in [-0.25, -0.2) is 0 Å². The fraction of sp³-hybridized carbons (Fsp3) is 1.00. The van der Waals surface area contributed by atoms with E-state index < -0.39 is 11.7 Å². The van der Waals surface area contributed by atoms with Crippen LogP contribution in [0.2, 0.25) is 0 Å². The Labute approximate surface area is 173 Å². The van der Waals surface area contributed by atoms with Crippen molar-refractivity contribution in [1.29, 1.82) is 0 Å². The highest BCUT2D eigenvalue weighted by Gasteiger charge is 2.83. The van der Waals surface area contributed by atoms with E-state index in [1.165, 1.54) is 0 Å². The minimum absolute atomic E-state index is 0.0495. The normalized spacial score (nSPS) is 62.5. The standard InChI is InChI=1S/C23H37NO5/c1-4-24-10-21(11-28-2)6-5-17(25)23-13-7-12-15(29-3)9-22(27,18(13)19(12)26)14(20(23)24)8-16(21)23/h12-20,25-27H,4-11H2,1-3H3/t12-,13?,14+,15+,16?,17+,18?,19?,20?,21+,22+,23-/m1/s1. The number of rotatable bonds is 4. The molecule has 3 N–H and O–H groups in total. The van der Waals surface area contributed by atoms with Crippen LogP contribution in [-0.4, -0.2) is 84.1 Å². The summed E-state index contributed by atoms with van der Waals surface area (Å²) in [7, 11) is 3.52. The molecule has 1 heterocycles. The zero-order valence-electron chi connectivity index (χ0n) is 18.0. The van der Waals surface area contributed by atoms with Crippen molar-refractivity contribution in [3.05, 3.63) is 0 Å². The summed E-state index contributed by atoms with van der Waals surface area (Å²) in [5.74, 6) is 0.553. The first kappa shape index (κ1) is 19.4. The number of aliphatic hydroxyl groups is 3. The Morgan fingerprint density at radius 2 is 1.93 bits per heavy atom. The van der Waals surface area contributed by atoms with E-state index in [0.717, 1.165) is 45.4 Å². The predicted octanol–water partition coefficient (Wildman–Crippen LogP) is 0.877. The Morgan fingerprint density at radius 3 is 2.62 bits per heavy atom. The van der Waals surface area contributed by atoms with Gasteiger partial charge in [0.05, 0.1) is 30.5 Å². The third-order valence-corrected chi connectivity index (χ3v) is 10.9. The highest BCUT2D eigenvalue weighted by atomic mass is 16.5. The Morgan fingerprint density at radius 1 is 1.14 bits per heavy atom. The third-order valence-electron chi connectivity index (χ3n) is 10.9. The zero-order chi connectivity index (χ0) is 20.3. The maximum atomic E-state index is 12.2. The highest BCUT2D eigenvalue weighted by molar-refractivity contribution is 5.33. The summed E-state index contributed by atoms with van der Waals surface area (Å²) in [5.41, 5.74) is -1.08. The lowest BCUT2D eigenvalue weighted by atomic mass is 9.43. The molecule has 0 aromatic rings. The molecular weight excluding hydrogens is 370 g/mol. The summed E-state index contributed by atoms with van der Waals surface area (Å²) in [5, 5.41) is 35.2. The molecule has 5 unspecified atom stereocenters. The van der Waals surface area contributed by atoms with Crippen molar-refractivity contribution >= 4 is 0 Å². The van der Waals surface area contributed by atoms with Gasteiger partial charge in [-0.1, -0.05) is 6.92 Å². The second-order valence-corrected chi connectivity index (χ2v) is 11.2. The molecular formula is C23H37NO5. The Hall–Kier alpha value is -0.240. The number of likely N-dealkylation sites (tertiary alicyclic amines) is 1. The first-order valence-corrected chi connectivity index (χ1v) is 11.7. The number of piperidine rings is 1. The van der Waals surface area contributed by atoms with E-state index in [-0.39, 0.29) is 52.8 Å². The molecule has 164 valence electrons. The molecule has 0 aromatic carbocycles. The topological polar surface area (TPSA) is 82.4 Å². The summed E-state index contributed by atoms with van der Waals surface area (Å²) in [6, 6.07) is 0.200. The third kappa shape index (κ3) is 1.93. The van der Waals surface area contributed by atoms with Crippen molar-refractivity contribution in [3.63, 3.8) is 0 Å². The molecule has 29 heavy (non-hydrogen) atoms. The van der Waals surface area contributed by atoms with Gasteiger partial charge in [0.15, 0.2) is 0 Å². The summed E-state index contributed by atoms with van der Waals surface area (Å²) in [6.45, 7) is 4.88. The maximum Gasteiger partial charge on any atom is 0.0771 e. The van der Waals surface area contributed by atoms with Crippen LogP contribution in [0.1, 0.15) is 39.0 Å². The van der Waals surface area contributed by atoms with Gasteiger partial charge in [-0.3, -0.25) is 4.90 Å². The van der Waals surface area contributed by atoms with Gasteiger partial charge >= 0.3 is 0 Å². The molecule has 1 saturated heterocycles. The predicted molar refractivity (Wildman–Crippen MR) is 106 cm³/mol. The molecule has 6 rings (SSSR count). The van der Waals surface area contributed by atoms with Gasteiger partial charge in [0.25, 0.3) is 0 Å². The van der Waals surface area contributed by atoms with Crippen molar-refractivity contribution < 1.29 is 24.8 Å². The Bertz CT molecular complexity index is 705. The van der Waals surface area contributed by atoms with Crippen LogP contribution in [0.25, 0.3) is 0 Å². The molecule has 0 radical (unpaired) electrons. The van der Waals surface area contributed by atoms with E-state index in [1.54, 1.807) is 14.2 Å². The molecule has 5 saturated carbocycles. The lowest BCUT2D eigenvalue weighted by Crippen LogP contribution is -2.76. The van der Waals surface area contributed by atoms with E-state index in [4.69, 9.17) is 9.47 Å². The molecule has 0 amide bonds. The monoisotopic (exact) mass is 407 g/mol. The van der Waals surface area contributed by atoms with Gasteiger partial charge in [-0.2, -0.15) is 0 Å². The lowest BCUT2D eigenvalue weighted by Gasteiger charge is -2.69. The number of hydrogen-bond donors (Lipinski definition) is 3. The quantitative estimate of drug-likeness (QED) is 0.642. The van der Waals surface area contributed by atoms with Crippen LogP contribution in [0.4, 0.5) is 0 Å². The fourth-order valence-electron chi connectivity index (χ4n) is 10.4. The number of hydrogen-bond acceptors (Lipinski definition) is 6. The smallest absolute Gasteiger partial charge is 0.0771 e. The average molecular weight is 408 g/mol. The molecule has 7 bridgehead atoms. The molecule has 6 aliphatic rings. The minimum atomic E-state index is -0.901. The van der Waals surface area contributed by atoms with Crippen LogP contribution in [0.15, 0.2) is 0 Å². The largest absolute Gasteiger partial charge is 0.392 e. The SMILES string of the molecule is CCN1C[C@]2(COC)CC[C@H](O)[C@@]34C5C[C@H]6C(O)C5[C@](O)(C[C@@H]6OC)[C@@H](CC23)C14. The molecule has 5 aliphatic carbocycles. The van der Waals surface area contributed by atoms with Crippen LogP contribution in [0, 0.1) is 40.4 Å². The van der Waals surface area contributed by atoms with Crippen molar-refractivity contribution in [2.45, 2.75) is 69.0 Å². The van der Waals surface area contributed by atoms with Crippen molar-refractivity contribution in [2.24, 2.45) is 40.4 Å². The van der Waals surface area contributed by atoms with Crippen molar-refractivity contribution in [2.75, 3.05) is 33.9 Å². The van der Waals surface area contributed by atoms with Gasteiger partial charge in [0, 0.05) is 61.8 Å². The first-order valence-electron chi connectivity index (χ1n) is 11.7. The molecule has 6 nitrogen and oxygen atoms in total. The van der Waals surface area contributed by atoms with Crippen LogP contribution >= 0.6 is 0 Å². The van der Waals surface area contributed by atoms with Crippen molar-refractivity contribution in [1.82, 2.24) is 4.90 Å². The average Bonchev–Trinajstić information content (AvgIpc) is 3.13. The molecule has 6 fully saturated rings. The fourth-order valence-corrected chi connectivity index (χ4v) is 10.4. The number of ether oxygens (including phenoxy) is 2. The second-order valence-electron chi connectivity index (χ2n) is 11.2. The van der Waals surface area contributed by atoms with Gasteiger partial charge < -0.3 is 24.8 Å². The minimum Gasteiger partial charge on any atom is -0.392 e. The lowest BCUT2D eigenvalue weighted by molar-refractivity contribution is -0.272. The second kappa shape index (κ2) is 5.96. The van der Waals surface area contributed by atoms with Crippen LogP contribution in [-0.2, 0) is 9.47 Å². The zero-order valence-corrected chi connectivity index (χ0v) is 18.0. The van der Waals surface area contributed by atoms with Gasteiger partial charge in [-0.05, 0) is 44.1 Å². The molecule has 12 atom stereocenters. The number of methoxy groups -OCH3 is 2. The van der Waals surface area contributed by atoms with Gasteiger partial charge in [-0.15, -0.1) is 0 Å². The number of aliphatic hydroxyl groups excluding tert-OH is 2. The van der Waals surface area contributed by atoms with E-state index in [1.807, 2.05) is 0 Å². The Kier molecular flexibility index (Phi) is 4.00. The van der Waals surface area contributed by atoms with E-state index in [2.05, 4.69) is 11.8 Å². The maximum absolute atomic E-state index is 12.2. The van der Waals surface area contributed by atoms with Gasteiger partial charge in [0.1, 0.15) is 0 Å². The summed E-state index contributed by atoms with van der Waals surface area (Å²) in [6.07, 6.45) is 3.27. The van der Waals surface area contributed by atoms with E-state index >= 15 is 0 Å². The molecule has 0 aromatic heterocycles. The number of nitrogens with zero attached hydrogens (tertiary/aromatic N) is 1. The molecule has 1 spiro atoms.